The number of aromatic nitrogens is 2. The average molecular weight is 512 g/mol. The van der Waals surface area contributed by atoms with Gasteiger partial charge in [-0.2, -0.15) is 0 Å². The summed E-state index contributed by atoms with van der Waals surface area (Å²) in [5.41, 5.74) is 3.76. The molecule has 0 amide bonds. The smallest absolute Gasteiger partial charge is 0.176 e. The number of hydrogen-bond acceptors (Lipinski definition) is 4. The van der Waals surface area contributed by atoms with Crippen LogP contribution in [-0.4, -0.2) is 22.0 Å². The second-order valence-corrected chi connectivity index (χ2v) is 4.89. The molecule has 0 unspecified atom stereocenters. The predicted molar refractivity (Wildman–Crippen MR) is 102 cm³/mol. The Labute approximate surface area is 209 Å². The van der Waals surface area contributed by atoms with Gasteiger partial charge in [0, 0.05) is 117 Å². The van der Waals surface area contributed by atoms with Gasteiger partial charge in [-0.05, 0) is 12.1 Å². The number of hydrogen-bond donors (Lipinski definition) is 2. The molecule has 0 saturated heterocycles. The molecule has 0 spiro atoms. The number of carbonyl (C=O) groups is 1. The third-order valence-electron chi connectivity index (χ3n) is 3.22. The molecule has 8 heteroatoms. The van der Waals surface area contributed by atoms with Crippen LogP contribution in [0.3, 0.4) is 0 Å². The van der Waals surface area contributed by atoms with Crippen molar-refractivity contribution in [1.29, 1.82) is 0 Å². The molecule has 2 radical (unpaired) electrons. The second-order valence-electron chi connectivity index (χ2n) is 4.89. The second kappa shape index (κ2) is 17.1. The minimum absolute atomic E-state index is 0. The molecule has 2 N–H and O–H groups in total. The molecule has 0 atom stereocenters. The van der Waals surface area contributed by atoms with E-state index in [9.17, 15) is 4.79 Å². The first kappa shape index (κ1) is 33.6. The minimum Gasteiger partial charge on any atom is -0.551 e. The van der Waals surface area contributed by atoms with Crippen molar-refractivity contribution in [3.8, 4) is 0 Å². The van der Waals surface area contributed by atoms with E-state index in [-0.39, 0.29) is 86.1 Å². The Balaban J connectivity index is -0.000000161. The molecule has 0 bridgehead atoms. The van der Waals surface area contributed by atoms with E-state index in [0.29, 0.717) is 12.3 Å². The SMILES string of the molecule is [CH2-]Nc1cc(C(C)=O)n(C)c1.[CH2-]OCc1cc(NC)cn1C.[CH3-].[CH3-].[Y].[Y]. The molecule has 2 heterocycles. The van der Waals surface area contributed by atoms with Gasteiger partial charge in [0.1, 0.15) is 0 Å². The van der Waals surface area contributed by atoms with Crippen LogP contribution in [-0.2, 0) is 90.9 Å². The molecule has 2 aromatic rings. The van der Waals surface area contributed by atoms with E-state index in [1.54, 1.807) is 17.6 Å². The van der Waals surface area contributed by atoms with Crippen molar-refractivity contribution >= 4 is 17.2 Å². The van der Waals surface area contributed by atoms with Crippen LogP contribution < -0.4 is 10.6 Å². The van der Waals surface area contributed by atoms with Gasteiger partial charge in [0.15, 0.2) is 5.78 Å². The van der Waals surface area contributed by atoms with Crippen LogP contribution in [0.2, 0.25) is 0 Å². The van der Waals surface area contributed by atoms with Crippen molar-refractivity contribution in [2.24, 2.45) is 14.1 Å². The number of carbonyl (C=O) groups excluding carboxylic acids is 1. The van der Waals surface area contributed by atoms with Gasteiger partial charge in [-0.25, -0.2) is 7.11 Å². The summed E-state index contributed by atoms with van der Waals surface area (Å²) in [5, 5.41) is 5.77. The van der Waals surface area contributed by atoms with Crippen molar-refractivity contribution in [1.82, 2.24) is 9.13 Å². The molecule has 0 aromatic carbocycles. The van der Waals surface area contributed by atoms with E-state index in [0.717, 1.165) is 17.1 Å². The van der Waals surface area contributed by atoms with Gasteiger partial charge in [0.2, 0.25) is 0 Å². The van der Waals surface area contributed by atoms with Crippen molar-refractivity contribution < 1.29 is 74.9 Å². The largest absolute Gasteiger partial charge is 0.551 e. The zero-order chi connectivity index (χ0) is 16.7. The van der Waals surface area contributed by atoms with Crippen LogP contribution in [0.5, 0.6) is 0 Å². The number of anilines is 2. The number of Topliss-reactive ketones (excluding diaryl/α,β-unsaturated/α-hetero) is 1. The standard InChI is InChI=1S/C8H13N2O.C8H11N2O.2CH3.2Y/c1-9-7-4-8(6-11-3)10(2)5-7;1-6(11)8-4-7(9-2)5-10(8)3;;;;/h4-5,9H,3,6H2,1-2H3;4-5,9H,2H2,1,3H3;2*1H3;;/q4*-1;;. The first-order valence-corrected chi connectivity index (χ1v) is 6.83. The van der Waals surface area contributed by atoms with E-state index < -0.39 is 0 Å². The van der Waals surface area contributed by atoms with Gasteiger partial charge in [-0.15, -0.1) is 0 Å². The molecule has 0 aliphatic carbocycles. The molecule has 0 fully saturated rings. The van der Waals surface area contributed by atoms with Crippen molar-refractivity contribution in [3.63, 3.8) is 0 Å². The zero-order valence-electron chi connectivity index (χ0n) is 16.8. The number of ether oxygens (including phenoxy) is 1. The van der Waals surface area contributed by atoms with Gasteiger partial charge in [0.05, 0.1) is 18.0 Å². The molecule has 26 heavy (non-hydrogen) atoms. The van der Waals surface area contributed by atoms with E-state index in [2.05, 4.69) is 24.8 Å². The van der Waals surface area contributed by atoms with Gasteiger partial charge in [0.25, 0.3) is 0 Å². The van der Waals surface area contributed by atoms with Crippen molar-refractivity contribution in [3.05, 3.63) is 64.9 Å². The topological polar surface area (TPSA) is 60.2 Å². The summed E-state index contributed by atoms with van der Waals surface area (Å²) < 4.78 is 8.55. The Morgan fingerprint density at radius 2 is 1.65 bits per heavy atom. The first-order valence-electron chi connectivity index (χ1n) is 6.83. The molecule has 0 aliphatic rings. The molecule has 0 aliphatic heterocycles. The van der Waals surface area contributed by atoms with Gasteiger partial charge in [-0.3, -0.25) is 11.8 Å². The summed E-state index contributed by atoms with van der Waals surface area (Å²) in [7, 11) is 12.5. The maximum absolute atomic E-state index is 10.9. The summed E-state index contributed by atoms with van der Waals surface area (Å²) in [5.74, 6) is 0.0639. The Kier molecular flexibility index (Phi) is 22.1. The molecular weight excluding hydrogens is 482 g/mol. The van der Waals surface area contributed by atoms with Crippen molar-refractivity contribution in [2.45, 2.75) is 13.5 Å². The monoisotopic (exact) mass is 512 g/mol. The van der Waals surface area contributed by atoms with Crippen LogP contribution in [0.15, 0.2) is 24.5 Å². The fourth-order valence-electron chi connectivity index (χ4n) is 2.01. The van der Waals surface area contributed by atoms with Gasteiger partial charge in [-0.1, -0.05) is 0 Å². The van der Waals surface area contributed by atoms with Crippen LogP contribution in [0.1, 0.15) is 23.1 Å². The quantitative estimate of drug-likeness (QED) is 0.474. The fraction of sp³-hybridized carbons (Fsp3) is 0.278. The van der Waals surface area contributed by atoms with Gasteiger partial charge >= 0.3 is 0 Å². The predicted octanol–water partition coefficient (Wildman–Crippen LogP) is 3.70. The maximum Gasteiger partial charge on any atom is 0.176 e. The zero-order valence-corrected chi connectivity index (χ0v) is 22.5. The Bertz CT molecular complexity index is 625. The van der Waals surface area contributed by atoms with Crippen molar-refractivity contribution in [2.75, 3.05) is 17.7 Å². The van der Waals surface area contributed by atoms with Crippen LogP contribution in [0.4, 0.5) is 11.4 Å². The Morgan fingerprint density at radius 3 is 1.96 bits per heavy atom. The summed E-state index contributed by atoms with van der Waals surface area (Å²) >= 11 is 0. The summed E-state index contributed by atoms with van der Waals surface area (Å²) in [4.78, 5) is 10.9. The molecular formula is C18H30N4O2Y2-4. The van der Waals surface area contributed by atoms with Crippen LogP contribution >= 0.6 is 0 Å². The Hall–Kier alpha value is -0.00221. The number of rotatable bonds is 5. The molecule has 2 rings (SSSR count). The molecule has 6 nitrogen and oxygen atoms in total. The molecule has 144 valence electrons. The maximum atomic E-state index is 10.9. The number of aryl methyl sites for hydroxylation is 2. The number of nitrogens with zero attached hydrogens (tertiary/aromatic N) is 2. The van der Waals surface area contributed by atoms with Gasteiger partial charge < -0.3 is 39.4 Å². The summed E-state index contributed by atoms with van der Waals surface area (Å²) in [6.45, 7) is 2.10. The number of nitrogens with one attached hydrogen (secondary N) is 2. The van der Waals surface area contributed by atoms with E-state index in [1.807, 2.05) is 44.2 Å². The molecule has 0 saturated carbocycles. The van der Waals surface area contributed by atoms with Crippen LogP contribution in [0, 0.1) is 29.0 Å². The van der Waals surface area contributed by atoms with Crippen LogP contribution in [0.25, 0.3) is 0 Å². The Morgan fingerprint density at radius 1 is 1.12 bits per heavy atom. The molecule has 2 aromatic heterocycles. The number of ketones is 1. The average Bonchev–Trinajstić information content (AvgIpc) is 3.03. The first-order chi connectivity index (χ1) is 10.4. The van der Waals surface area contributed by atoms with E-state index in [1.165, 1.54) is 0 Å². The summed E-state index contributed by atoms with van der Waals surface area (Å²) in [6, 6.07) is 3.81. The van der Waals surface area contributed by atoms with E-state index in [4.69, 9.17) is 4.74 Å². The third kappa shape index (κ3) is 10.4. The third-order valence-corrected chi connectivity index (χ3v) is 3.22. The normalized spacial score (nSPS) is 8.38. The van der Waals surface area contributed by atoms with E-state index >= 15 is 0 Å². The minimum atomic E-state index is 0. The summed E-state index contributed by atoms with van der Waals surface area (Å²) in [6.07, 6.45) is 3.83. The fourth-order valence-corrected chi connectivity index (χ4v) is 2.01.